The molecule has 0 aliphatic heterocycles. The van der Waals surface area contributed by atoms with Gasteiger partial charge in [-0.15, -0.1) is 10.2 Å². The summed E-state index contributed by atoms with van der Waals surface area (Å²) in [5.41, 5.74) is 0.435. The number of nitrogens with zero attached hydrogens (tertiary/aromatic N) is 2. The van der Waals surface area contributed by atoms with Crippen LogP contribution in [0.2, 0.25) is 5.02 Å². The average molecular weight is 540 g/mol. The van der Waals surface area contributed by atoms with Crippen LogP contribution in [0.5, 0.6) is 11.5 Å². The highest BCUT2D eigenvalue weighted by atomic mass is 35.5. The van der Waals surface area contributed by atoms with Crippen LogP contribution < -0.4 is 10.1 Å². The zero-order chi connectivity index (χ0) is 26.7. The van der Waals surface area contributed by atoms with Crippen LogP contribution in [-0.2, 0) is 10.1 Å². The molecule has 37 heavy (non-hydrogen) atoms. The molecule has 0 heterocycles. The number of ether oxygens (including phenoxy) is 1. The quantitative estimate of drug-likeness (QED) is 0.174. The lowest BCUT2D eigenvalue weighted by Crippen LogP contribution is -2.13. The first-order valence-corrected chi connectivity index (χ1v) is 12.9. The van der Waals surface area contributed by atoms with Gasteiger partial charge in [-0.2, -0.15) is 8.42 Å². The molecule has 190 valence electrons. The molecule has 3 N–H and O–H groups in total. The van der Waals surface area contributed by atoms with Crippen molar-refractivity contribution in [3.63, 3.8) is 0 Å². The van der Waals surface area contributed by atoms with Gasteiger partial charge in [-0.05, 0) is 49.1 Å². The first-order chi connectivity index (χ1) is 17.6. The Kier molecular flexibility index (Phi) is 7.44. The number of phenols is 1. The Morgan fingerprint density at radius 1 is 1.03 bits per heavy atom. The minimum Gasteiger partial charge on any atom is -0.505 e. The van der Waals surface area contributed by atoms with Gasteiger partial charge in [0.15, 0.2) is 5.75 Å². The number of carbonyl (C=O) groups is 1. The Hall–Kier alpha value is -3.99. The van der Waals surface area contributed by atoms with Gasteiger partial charge in [0, 0.05) is 5.39 Å². The van der Waals surface area contributed by atoms with Crippen molar-refractivity contribution in [2.24, 2.45) is 10.2 Å². The van der Waals surface area contributed by atoms with E-state index in [-0.39, 0.29) is 22.0 Å². The Morgan fingerprint density at radius 3 is 2.43 bits per heavy atom. The number of benzene rings is 4. The number of rotatable bonds is 7. The summed E-state index contributed by atoms with van der Waals surface area (Å²) in [6.07, 6.45) is 0. The van der Waals surface area contributed by atoms with Crippen LogP contribution in [0.25, 0.3) is 10.8 Å². The van der Waals surface area contributed by atoms with E-state index in [9.17, 15) is 22.9 Å². The highest BCUT2D eigenvalue weighted by Crippen LogP contribution is 2.42. The second kappa shape index (κ2) is 10.6. The van der Waals surface area contributed by atoms with Crippen LogP contribution in [0.3, 0.4) is 0 Å². The molecule has 0 saturated carbocycles. The SMILES string of the molecule is CCOc1ccccc1NC(=O)c1cc2ccccc2c(N=Nc2c(S(=O)(=O)O)ccc(C)c2Cl)c1O. The van der Waals surface area contributed by atoms with Crippen molar-refractivity contribution in [2.75, 3.05) is 11.9 Å². The lowest BCUT2D eigenvalue weighted by Gasteiger charge is -2.14. The summed E-state index contributed by atoms with van der Waals surface area (Å²) in [5, 5.41) is 22.9. The minimum atomic E-state index is -4.67. The third-order valence-electron chi connectivity index (χ3n) is 5.48. The summed E-state index contributed by atoms with van der Waals surface area (Å²) in [6, 6.07) is 17.8. The Bertz CT molecular complexity index is 1650. The Morgan fingerprint density at radius 2 is 1.70 bits per heavy atom. The van der Waals surface area contributed by atoms with Gasteiger partial charge in [-0.3, -0.25) is 9.35 Å². The van der Waals surface area contributed by atoms with E-state index in [2.05, 4.69) is 15.5 Å². The van der Waals surface area contributed by atoms with E-state index in [1.54, 1.807) is 55.5 Å². The molecule has 4 rings (SSSR count). The van der Waals surface area contributed by atoms with Gasteiger partial charge in [0.05, 0.1) is 22.9 Å². The van der Waals surface area contributed by atoms with Crippen molar-refractivity contribution in [2.45, 2.75) is 18.7 Å². The normalized spacial score (nSPS) is 11.7. The third kappa shape index (κ3) is 5.41. The van der Waals surface area contributed by atoms with E-state index < -0.39 is 26.7 Å². The number of aromatic hydroxyl groups is 1. The van der Waals surface area contributed by atoms with Gasteiger partial charge in [0.25, 0.3) is 16.0 Å². The number of para-hydroxylation sites is 2. The lowest BCUT2D eigenvalue weighted by atomic mass is 10.0. The number of fused-ring (bicyclic) bond motifs is 1. The van der Waals surface area contributed by atoms with Crippen LogP contribution in [-0.4, -0.2) is 30.6 Å². The molecule has 4 aromatic carbocycles. The molecule has 0 spiro atoms. The first kappa shape index (κ1) is 26.1. The molecule has 1 amide bonds. The zero-order valence-corrected chi connectivity index (χ0v) is 21.3. The number of carbonyl (C=O) groups excluding carboxylic acids is 1. The molecule has 0 fully saturated rings. The first-order valence-electron chi connectivity index (χ1n) is 11.1. The second-order valence-electron chi connectivity index (χ2n) is 7.94. The number of halogens is 1. The second-order valence-corrected chi connectivity index (χ2v) is 9.71. The van der Waals surface area contributed by atoms with Crippen molar-refractivity contribution in [3.05, 3.63) is 82.9 Å². The average Bonchev–Trinajstić information content (AvgIpc) is 2.86. The smallest absolute Gasteiger partial charge is 0.296 e. The monoisotopic (exact) mass is 539 g/mol. The number of hydrogen-bond donors (Lipinski definition) is 3. The zero-order valence-electron chi connectivity index (χ0n) is 19.8. The van der Waals surface area contributed by atoms with Gasteiger partial charge in [0.1, 0.15) is 22.0 Å². The van der Waals surface area contributed by atoms with Gasteiger partial charge in [-0.25, -0.2) is 0 Å². The van der Waals surface area contributed by atoms with Gasteiger partial charge < -0.3 is 15.2 Å². The van der Waals surface area contributed by atoms with E-state index in [1.807, 2.05) is 6.92 Å². The number of nitrogens with one attached hydrogen (secondary N) is 1. The van der Waals surface area contributed by atoms with E-state index >= 15 is 0 Å². The van der Waals surface area contributed by atoms with Crippen LogP contribution >= 0.6 is 11.6 Å². The summed E-state index contributed by atoms with van der Waals surface area (Å²) in [6.45, 7) is 3.84. The Labute approximate surface area is 218 Å². The van der Waals surface area contributed by atoms with E-state index in [0.29, 0.717) is 34.4 Å². The van der Waals surface area contributed by atoms with Crippen molar-refractivity contribution < 1.29 is 27.6 Å². The number of phenolic OH excluding ortho intramolecular Hbond substituents is 1. The molecule has 0 aliphatic rings. The summed E-state index contributed by atoms with van der Waals surface area (Å²) >= 11 is 6.27. The molecule has 0 saturated heterocycles. The van der Waals surface area contributed by atoms with Crippen molar-refractivity contribution in [1.29, 1.82) is 0 Å². The maximum atomic E-state index is 13.2. The number of hydrogen-bond acceptors (Lipinski definition) is 7. The van der Waals surface area contributed by atoms with Gasteiger partial charge in [0.2, 0.25) is 0 Å². The molecule has 4 aromatic rings. The van der Waals surface area contributed by atoms with Crippen LogP contribution in [0.1, 0.15) is 22.8 Å². The molecule has 0 aliphatic carbocycles. The van der Waals surface area contributed by atoms with Crippen LogP contribution in [0.4, 0.5) is 17.1 Å². The molecule has 0 radical (unpaired) electrons. The van der Waals surface area contributed by atoms with Crippen LogP contribution in [0, 0.1) is 6.92 Å². The maximum absolute atomic E-state index is 13.2. The third-order valence-corrected chi connectivity index (χ3v) is 6.84. The molecule has 11 heteroatoms. The summed E-state index contributed by atoms with van der Waals surface area (Å²) in [4.78, 5) is 12.7. The maximum Gasteiger partial charge on any atom is 0.296 e. The fourth-order valence-electron chi connectivity index (χ4n) is 3.68. The number of amides is 1. The summed E-state index contributed by atoms with van der Waals surface area (Å²) in [5.74, 6) is -0.643. The van der Waals surface area contributed by atoms with Crippen molar-refractivity contribution in [1.82, 2.24) is 0 Å². The lowest BCUT2D eigenvalue weighted by molar-refractivity contribution is 0.102. The number of azo groups is 1. The molecule has 0 aromatic heterocycles. The Balaban J connectivity index is 1.85. The molecule has 0 bridgehead atoms. The summed E-state index contributed by atoms with van der Waals surface area (Å²) in [7, 11) is -4.67. The highest BCUT2D eigenvalue weighted by Gasteiger charge is 2.22. The predicted molar refractivity (Wildman–Crippen MR) is 141 cm³/mol. The number of aryl methyl sites for hydroxylation is 1. The number of anilines is 1. The molecular weight excluding hydrogens is 518 g/mol. The minimum absolute atomic E-state index is 0.0379. The largest absolute Gasteiger partial charge is 0.505 e. The van der Waals surface area contributed by atoms with E-state index in [4.69, 9.17) is 16.3 Å². The van der Waals surface area contributed by atoms with Crippen LogP contribution in [0.15, 0.2) is 81.9 Å². The van der Waals surface area contributed by atoms with Crippen molar-refractivity contribution in [3.8, 4) is 11.5 Å². The topological polar surface area (TPSA) is 138 Å². The fraction of sp³-hybridized carbons (Fsp3) is 0.115. The van der Waals surface area contributed by atoms with Gasteiger partial charge >= 0.3 is 0 Å². The fourth-order valence-corrected chi connectivity index (χ4v) is 4.57. The molecule has 0 atom stereocenters. The van der Waals surface area contributed by atoms with Gasteiger partial charge in [-0.1, -0.05) is 54.1 Å². The summed E-state index contributed by atoms with van der Waals surface area (Å²) < 4.78 is 38.9. The van der Waals surface area contributed by atoms with E-state index in [1.165, 1.54) is 12.1 Å². The molecular formula is C26H22ClN3O6S. The van der Waals surface area contributed by atoms with E-state index in [0.717, 1.165) is 6.07 Å². The standard InChI is InChI=1S/C26H22ClN3O6S/c1-3-36-20-11-7-6-10-19(20)28-26(32)18-14-16-8-4-5-9-17(16)23(25(18)31)29-30-24-21(37(33,34)35)13-12-15(2)22(24)27/h4-14,31H,3H2,1-2H3,(H,28,32)(H,33,34,35). The molecule has 9 nitrogen and oxygen atoms in total. The highest BCUT2D eigenvalue weighted by molar-refractivity contribution is 7.86. The molecule has 0 unspecified atom stereocenters. The van der Waals surface area contributed by atoms with Crippen molar-refractivity contribution >= 4 is 55.5 Å². The predicted octanol–water partition coefficient (Wildman–Crippen LogP) is 6.82.